The quantitative estimate of drug-likeness (QED) is 0.798. The summed E-state index contributed by atoms with van der Waals surface area (Å²) in [6.07, 6.45) is 2.49. The smallest absolute Gasteiger partial charge is 0.255 e. The first kappa shape index (κ1) is 11.8. The van der Waals surface area contributed by atoms with E-state index in [9.17, 15) is 9.18 Å². The summed E-state index contributed by atoms with van der Waals surface area (Å²) < 4.78 is 13.7. The molecule has 1 saturated heterocycles. The lowest BCUT2D eigenvalue weighted by atomic mass is 9.95. The zero-order chi connectivity index (χ0) is 13.9. The number of pyridine rings is 1. The number of carbonyl (C=O) groups excluding carboxylic acids is 1. The number of likely N-dealkylation sites (tertiary alicyclic amines) is 1. The molecule has 2 aliphatic rings. The number of rotatable bonds is 1. The Labute approximate surface area is 116 Å². The van der Waals surface area contributed by atoms with Gasteiger partial charge in [0.2, 0.25) is 0 Å². The van der Waals surface area contributed by atoms with Crippen LogP contribution in [0.5, 0.6) is 0 Å². The zero-order valence-electron chi connectivity index (χ0n) is 11.3. The van der Waals surface area contributed by atoms with Gasteiger partial charge in [0.05, 0.1) is 11.3 Å². The topological polar surface area (TPSA) is 33.2 Å². The third kappa shape index (κ3) is 1.64. The highest BCUT2D eigenvalue weighted by Gasteiger charge is 2.53. The third-order valence-corrected chi connectivity index (χ3v) is 4.51. The molecule has 1 spiro atoms. The largest absolute Gasteiger partial charge is 0.337 e. The molecule has 102 valence electrons. The van der Waals surface area contributed by atoms with Crippen LogP contribution < -0.4 is 0 Å². The molecule has 1 aliphatic carbocycles. The molecule has 4 heteroatoms. The van der Waals surface area contributed by atoms with Gasteiger partial charge in [-0.15, -0.1) is 0 Å². The Bertz CT molecular complexity index is 729. The Balaban J connectivity index is 1.72. The van der Waals surface area contributed by atoms with Crippen LogP contribution in [-0.4, -0.2) is 28.9 Å². The van der Waals surface area contributed by atoms with E-state index in [-0.39, 0.29) is 11.7 Å². The van der Waals surface area contributed by atoms with Crippen molar-refractivity contribution in [2.75, 3.05) is 13.1 Å². The Morgan fingerprint density at radius 2 is 2.10 bits per heavy atom. The third-order valence-electron chi connectivity index (χ3n) is 4.51. The summed E-state index contributed by atoms with van der Waals surface area (Å²) >= 11 is 0. The summed E-state index contributed by atoms with van der Waals surface area (Å²) in [7, 11) is 0. The maximum Gasteiger partial charge on any atom is 0.255 e. The maximum atomic E-state index is 13.7. The average Bonchev–Trinajstić information content (AvgIpc) is 3.17. The fourth-order valence-corrected chi connectivity index (χ4v) is 3.04. The van der Waals surface area contributed by atoms with Gasteiger partial charge < -0.3 is 4.90 Å². The van der Waals surface area contributed by atoms with Crippen molar-refractivity contribution >= 4 is 16.8 Å². The van der Waals surface area contributed by atoms with Crippen LogP contribution in [0.3, 0.4) is 0 Å². The van der Waals surface area contributed by atoms with E-state index in [1.165, 1.54) is 18.9 Å². The monoisotopic (exact) mass is 270 g/mol. The number of carbonyl (C=O) groups is 1. The van der Waals surface area contributed by atoms with Crippen LogP contribution in [-0.2, 0) is 0 Å². The van der Waals surface area contributed by atoms with E-state index >= 15 is 0 Å². The van der Waals surface area contributed by atoms with Crippen LogP contribution in [0.2, 0.25) is 0 Å². The van der Waals surface area contributed by atoms with E-state index in [2.05, 4.69) is 4.98 Å². The summed E-state index contributed by atoms with van der Waals surface area (Å²) in [4.78, 5) is 18.6. The Morgan fingerprint density at radius 1 is 1.35 bits per heavy atom. The second-order valence-electron chi connectivity index (χ2n) is 6.09. The number of hydrogen-bond acceptors (Lipinski definition) is 2. The van der Waals surface area contributed by atoms with Gasteiger partial charge in [-0.2, -0.15) is 0 Å². The van der Waals surface area contributed by atoms with Crippen LogP contribution in [0, 0.1) is 18.2 Å². The molecule has 20 heavy (non-hydrogen) atoms. The number of benzene rings is 1. The molecule has 1 saturated carbocycles. The van der Waals surface area contributed by atoms with Gasteiger partial charge in [0, 0.05) is 23.9 Å². The fraction of sp³-hybridized carbons (Fsp3) is 0.375. The van der Waals surface area contributed by atoms with Crippen LogP contribution in [0.25, 0.3) is 10.9 Å². The van der Waals surface area contributed by atoms with Gasteiger partial charge in [0.1, 0.15) is 11.3 Å². The summed E-state index contributed by atoms with van der Waals surface area (Å²) in [5.74, 6) is -0.316. The molecular weight excluding hydrogens is 255 g/mol. The minimum absolute atomic E-state index is 0.0266. The Morgan fingerprint density at radius 3 is 2.80 bits per heavy atom. The molecule has 2 heterocycles. The zero-order valence-corrected chi connectivity index (χ0v) is 11.3. The molecule has 1 amide bonds. The van der Waals surface area contributed by atoms with Crippen molar-refractivity contribution in [1.82, 2.24) is 9.88 Å². The van der Waals surface area contributed by atoms with E-state index in [1.54, 1.807) is 25.1 Å². The van der Waals surface area contributed by atoms with Crippen LogP contribution in [0.4, 0.5) is 4.39 Å². The second kappa shape index (κ2) is 3.78. The van der Waals surface area contributed by atoms with Gasteiger partial charge in [0.15, 0.2) is 0 Å². The van der Waals surface area contributed by atoms with Gasteiger partial charge >= 0.3 is 0 Å². The van der Waals surface area contributed by atoms with Crippen molar-refractivity contribution in [3.05, 3.63) is 41.3 Å². The summed E-state index contributed by atoms with van der Waals surface area (Å²) in [5, 5.41) is 0.681. The number of hydrogen-bond donors (Lipinski definition) is 0. The fourth-order valence-electron chi connectivity index (χ4n) is 3.04. The van der Waals surface area contributed by atoms with E-state index < -0.39 is 0 Å². The first-order valence-corrected chi connectivity index (χ1v) is 6.93. The number of para-hydroxylation sites is 1. The average molecular weight is 270 g/mol. The maximum absolute atomic E-state index is 13.7. The predicted octanol–water partition coefficient (Wildman–Crippen LogP) is 2.92. The first-order chi connectivity index (χ1) is 9.58. The normalized spacial score (nSPS) is 19.2. The highest BCUT2D eigenvalue weighted by atomic mass is 19.1. The molecule has 3 nitrogen and oxygen atoms in total. The number of nitrogens with zero attached hydrogens (tertiary/aromatic N) is 2. The van der Waals surface area contributed by atoms with E-state index in [4.69, 9.17) is 0 Å². The molecule has 2 aromatic rings. The van der Waals surface area contributed by atoms with Gasteiger partial charge in [-0.1, -0.05) is 12.1 Å². The molecule has 1 aromatic heterocycles. The van der Waals surface area contributed by atoms with E-state index in [1.807, 2.05) is 4.90 Å². The Kier molecular flexibility index (Phi) is 2.23. The van der Waals surface area contributed by atoms with Crippen molar-refractivity contribution < 1.29 is 9.18 Å². The molecular formula is C16H15FN2O. The lowest BCUT2D eigenvalue weighted by molar-refractivity contribution is 0.0442. The van der Waals surface area contributed by atoms with Gasteiger partial charge in [-0.05, 0) is 31.9 Å². The molecule has 2 fully saturated rings. The number of aromatic nitrogens is 1. The standard InChI is InChI=1S/C16H15FN2O/c1-10-12(15(20)19-8-16(9-19)5-6-16)7-11-3-2-4-13(17)14(11)18-10/h2-4,7H,5-6,8-9H2,1H3. The lowest BCUT2D eigenvalue weighted by Gasteiger charge is -2.40. The van der Waals surface area contributed by atoms with Crippen molar-refractivity contribution in [2.45, 2.75) is 19.8 Å². The SMILES string of the molecule is Cc1nc2c(F)cccc2cc1C(=O)N1CC2(CC2)C1. The molecule has 1 aromatic carbocycles. The highest BCUT2D eigenvalue weighted by Crippen LogP contribution is 2.53. The highest BCUT2D eigenvalue weighted by molar-refractivity contribution is 5.99. The van der Waals surface area contributed by atoms with Gasteiger partial charge in [0.25, 0.3) is 5.91 Å². The molecule has 0 radical (unpaired) electrons. The molecule has 1 aliphatic heterocycles. The Hall–Kier alpha value is -1.97. The number of amides is 1. The van der Waals surface area contributed by atoms with Crippen molar-refractivity contribution in [3.63, 3.8) is 0 Å². The first-order valence-electron chi connectivity index (χ1n) is 6.93. The number of fused-ring (bicyclic) bond motifs is 1. The molecule has 0 atom stereocenters. The minimum atomic E-state index is -0.342. The second-order valence-corrected chi connectivity index (χ2v) is 6.09. The van der Waals surface area contributed by atoms with Crippen molar-refractivity contribution in [2.24, 2.45) is 5.41 Å². The van der Waals surface area contributed by atoms with E-state index in [0.29, 0.717) is 27.6 Å². The van der Waals surface area contributed by atoms with Crippen LogP contribution >= 0.6 is 0 Å². The molecule has 0 N–H and O–H groups in total. The lowest BCUT2D eigenvalue weighted by Crippen LogP contribution is -2.51. The summed E-state index contributed by atoms with van der Waals surface area (Å²) in [6.45, 7) is 3.50. The molecule has 0 unspecified atom stereocenters. The molecule has 4 rings (SSSR count). The predicted molar refractivity (Wildman–Crippen MR) is 74.0 cm³/mol. The minimum Gasteiger partial charge on any atom is -0.337 e. The summed E-state index contributed by atoms with van der Waals surface area (Å²) in [5.41, 5.74) is 1.98. The van der Waals surface area contributed by atoms with Gasteiger partial charge in [-0.3, -0.25) is 4.79 Å². The number of halogens is 1. The van der Waals surface area contributed by atoms with Crippen molar-refractivity contribution in [1.29, 1.82) is 0 Å². The molecule has 0 bridgehead atoms. The van der Waals surface area contributed by atoms with Crippen LogP contribution in [0.15, 0.2) is 24.3 Å². The van der Waals surface area contributed by atoms with E-state index in [0.717, 1.165) is 13.1 Å². The van der Waals surface area contributed by atoms with Gasteiger partial charge in [-0.25, -0.2) is 9.37 Å². The van der Waals surface area contributed by atoms with Crippen molar-refractivity contribution in [3.8, 4) is 0 Å². The number of aryl methyl sites for hydroxylation is 1. The van der Waals surface area contributed by atoms with Crippen LogP contribution in [0.1, 0.15) is 28.9 Å². The summed E-state index contributed by atoms with van der Waals surface area (Å²) in [6, 6.07) is 6.59.